The topological polar surface area (TPSA) is 12.5 Å². The van der Waals surface area contributed by atoms with Crippen molar-refractivity contribution in [2.75, 3.05) is 18.6 Å². The van der Waals surface area contributed by atoms with Crippen molar-refractivity contribution in [3.05, 3.63) is 59.7 Å². The lowest BCUT2D eigenvalue weighted by Gasteiger charge is -2.25. The van der Waals surface area contributed by atoms with Gasteiger partial charge in [0.05, 0.1) is 7.11 Å². The largest absolute Gasteiger partial charge is 0.497 e. The van der Waals surface area contributed by atoms with E-state index in [4.69, 9.17) is 4.74 Å². The summed E-state index contributed by atoms with van der Waals surface area (Å²) in [5.74, 6) is 0.917. The Morgan fingerprint density at radius 3 is 2.12 bits per heavy atom. The van der Waals surface area contributed by atoms with Crippen molar-refractivity contribution in [2.24, 2.45) is 0 Å². The smallest absolute Gasteiger partial charge is 0.118 e. The number of unbranched alkanes of at least 4 members (excludes halogenated alkanes) is 4. The number of nitrogens with zero attached hydrogens (tertiary/aromatic N) is 1. The van der Waals surface area contributed by atoms with Crippen LogP contribution in [0.3, 0.4) is 0 Å². The molecule has 0 aliphatic rings. The highest BCUT2D eigenvalue weighted by molar-refractivity contribution is 5.48. The highest BCUT2D eigenvalue weighted by Crippen LogP contribution is 2.20. The molecule has 0 N–H and O–H groups in total. The first-order chi connectivity index (χ1) is 11.7. The zero-order chi connectivity index (χ0) is 17.2. The van der Waals surface area contributed by atoms with Gasteiger partial charge in [-0.1, -0.05) is 62.4 Å². The molecule has 2 rings (SSSR count). The Bertz CT molecular complexity index is 574. The van der Waals surface area contributed by atoms with E-state index < -0.39 is 0 Å². The molecule has 2 aromatic carbocycles. The normalized spacial score (nSPS) is 10.6. The van der Waals surface area contributed by atoms with Crippen LogP contribution in [0.5, 0.6) is 5.75 Å². The van der Waals surface area contributed by atoms with Crippen LogP contribution in [0.2, 0.25) is 0 Å². The Hall–Kier alpha value is -1.96. The Kier molecular flexibility index (Phi) is 7.67. The van der Waals surface area contributed by atoms with Gasteiger partial charge in [0.15, 0.2) is 0 Å². The second-order valence-electron chi connectivity index (χ2n) is 6.52. The molecule has 0 unspecified atom stereocenters. The van der Waals surface area contributed by atoms with E-state index in [2.05, 4.69) is 55.1 Å². The SMILES string of the molecule is CCCCCCCN(Cc1ccc(OC)cc1)c1ccc(C)cc1. The van der Waals surface area contributed by atoms with Crippen molar-refractivity contribution in [1.82, 2.24) is 0 Å². The van der Waals surface area contributed by atoms with Gasteiger partial charge in [-0.25, -0.2) is 0 Å². The quantitative estimate of drug-likeness (QED) is 0.498. The third-order valence-electron chi connectivity index (χ3n) is 4.46. The van der Waals surface area contributed by atoms with Gasteiger partial charge in [-0.05, 0) is 43.2 Å². The lowest BCUT2D eigenvalue weighted by molar-refractivity contribution is 0.414. The predicted octanol–water partition coefficient (Wildman–Crippen LogP) is 5.98. The minimum atomic E-state index is 0.917. The van der Waals surface area contributed by atoms with Gasteiger partial charge < -0.3 is 9.64 Å². The Morgan fingerprint density at radius 1 is 0.833 bits per heavy atom. The lowest BCUT2D eigenvalue weighted by Crippen LogP contribution is -2.23. The van der Waals surface area contributed by atoms with Gasteiger partial charge >= 0.3 is 0 Å². The van der Waals surface area contributed by atoms with Crippen LogP contribution in [0.25, 0.3) is 0 Å². The minimum absolute atomic E-state index is 0.917. The first kappa shape index (κ1) is 18.4. The van der Waals surface area contributed by atoms with Crippen LogP contribution in [0.4, 0.5) is 5.69 Å². The third kappa shape index (κ3) is 5.92. The first-order valence-corrected chi connectivity index (χ1v) is 9.17. The van der Waals surface area contributed by atoms with Crippen LogP contribution in [-0.2, 0) is 6.54 Å². The van der Waals surface area contributed by atoms with Gasteiger partial charge in [0, 0.05) is 18.8 Å². The summed E-state index contributed by atoms with van der Waals surface area (Å²) in [4.78, 5) is 2.49. The van der Waals surface area contributed by atoms with Crippen molar-refractivity contribution >= 4 is 5.69 Å². The van der Waals surface area contributed by atoms with Crippen molar-refractivity contribution in [3.63, 3.8) is 0 Å². The molecule has 0 saturated heterocycles. The molecule has 2 nitrogen and oxygen atoms in total. The van der Waals surface area contributed by atoms with Crippen molar-refractivity contribution in [2.45, 2.75) is 52.5 Å². The first-order valence-electron chi connectivity index (χ1n) is 9.17. The van der Waals surface area contributed by atoms with E-state index in [1.54, 1.807) is 7.11 Å². The van der Waals surface area contributed by atoms with E-state index in [1.165, 1.54) is 48.9 Å². The molecule has 0 aliphatic heterocycles. The second-order valence-corrected chi connectivity index (χ2v) is 6.52. The van der Waals surface area contributed by atoms with Gasteiger partial charge in [-0.3, -0.25) is 0 Å². The zero-order valence-corrected chi connectivity index (χ0v) is 15.4. The molecule has 0 spiro atoms. The van der Waals surface area contributed by atoms with Gasteiger partial charge in [0.1, 0.15) is 5.75 Å². The molecular weight excluding hydrogens is 294 g/mol. The Labute approximate surface area is 147 Å². The maximum absolute atomic E-state index is 5.26. The summed E-state index contributed by atoms with van der Waals surface area (Å²) in [6.07, 6.45) is 6.57. The van der Waals surface area contributed by atoms with Crippen molar-refractivity contribution in [1.29, 1.82) is 0 Å². The zero-order valence-electron chi connectivity index (χ0n) is 15.4. The van der Waals surface area contributed by atoms with Gasteiger partial charge in [-0.2, -0.15) is 0 Å². The third-order valence-corrected chi connectivity index (χ3v) is 4.46. The molecule has 0 bridgehead atoms. The second kappa shape index (κ2) is 10.0. The average molecular weight is 325 g/mol. The van der Waals surface area contributed by atoms with E-state index in [9.17, 15) is 0 Å². The van der Waals surface area contributed by atoms with E-state index in [1.807, 2.05) is 12.1 Å². The highest BCUT2D eigenvalue weighted by atomic mass is 16.5. The standard InChI is InChI=1S/C22H31NO/c1-4-5-6-7-8-17-23(21-13-9-19(2)10-14-21)18-20-11-15-22(24-3)16-12-20/h9-16H,4-8,17-18H2,1-3H3. The fourth-order valence-electron chi connectivity index (χ4n) is 2.91. The number of hydrogen-bond donors (Lipinski definition) is 0. The predicted molar refractivity (Wildman–Crippen MR) is 104 cm³/mol. The number of methoxy groups -OCH3 is 1. The number of aryl methyl sites for hydroxylation is 1. The lowest BCUT2D eigenvalue weighted by atomic mass is 10.1. The van der Waals surface area contributed by atoms with E-state index >= 15 is 0 Å². The van der Waals surface area contributed by atoms with Crippen LogP contribution in [0.15, 0.2) is 48.5 Å². The maximum atomic E-state index is 5.26. The van der Waals surface area contributed by atoms with Crippen LogP contribution in [0, 0.1) is 6.92 Å². The molecule has 130 valence electrons. The van der Waals surface area contributed by atoms with Gasteiger partial charge in [-0.15, -0.1) is 0 Å². The average Bonchev–Trinajstić information content (AvgIpc) is 2.62. The van der Waals surface area contributed by atoms with E-state index in [-0.39, 0.29) is 0 Å². The molecule has 0 radical (unpaired) electrons. The van der Waals surface area contributed by atoms with Gasteiger partial charge in [0.25, 0.3) is 0 Å². The summed E-state index contributed by atoms with van der Waals surface area (Å²) in [5.41, 5.74) is 3.95. The monoisotopic (exact) mass is 325 g/mol. The molecule has 2 heteroatoms. The van der Waals surface area contributed by atoms with Crippen LogP contribution < -0.4 is 9.64 Å². The molecule has 0 aliphatic carbocycles. The molecule has 0 heterocycles. The Balaban J connectivity index is 2.01. The molecule has 0 fully saturated rings. The highest BCUT2D eigenvalue weighted by Gasteiger charge is 2.07. The van der Waals surface area contributed by atoms with Crippen LogP contribution in [-0.4, -0.2) is 13.7 Å². The number of ether oxygens (including phenoxy) is 1. The summed E-state index contributed by atoms with van der Waals surface area (Å²) < 4.78 is 5.26. The minimum Gasteiger partial charge on any atom is -0.497 e. The van der Waals surface area contributed by atoms with Gasteiger partial charge in [0.2, 0.25) is 0 Å². The number of hydrogen-bond acceptors (Lipinski definition) is 2. The van der Waals surface area contributed by atoms with Crippen LogP contribution in [0.1, 0.15) is 50.2 Å². The van der Waals surface area contributed by atoms with Crippen LogP contribution >= 0.6 is 0 Å². The molecular formula is C22H31NO. The molecule has 0 atom stereocenters. The fraction of sp³-hybridized carbons (Fsp3) is 0.455. The molecule has 0 aromatic heterocycles. The number of anilines is 1. The van der Waals surface area contributed by atoms with E-state index in [0.29, 0.717) is 0 Å². The molecule has 0 saturated carbocycles. The summed E-state index contributed by atoms with van der Waals surface area (Å²) in [7, 11) is 1.71. The fourth-order valence-corrected chi connectivity index (χ4v) is 2.91. The molecule has 0 amide bonds. The summed E-state index contributed by atoms with van der Waals surface area (Å²) in [6, 6.07) is 17.3. The summed E-state index contributed by atoms with van der Waals surface area (Å²) in [5, 5.41) is 0. The molecule has 24 heavy (non-hydrogen) atoms. The maximum Gasteiger partial charge on any atom is 0.118 e. The number of benzene rings is 2. The van der Waals surface area contributed by atoms with Crippen molar-refractivity contribution < 1.29 is 4.74 Å². The summed E-state index contributed by atoms with van der Waals surface area (Å²) >= 11 is 0. The number of rotatable bonds is 10. The Morgan fingerprint density at radius 2 is 1.50 bits per heavy atom. The van der Waals surface area contributed by atoms with Crippen molar-refractivity contribution in [3.8, 4) is 5.75 Å². The van der Waals surface area contributed by atoms with E-state index in [0.717, 1.165) is 18.8 Å². The summed E-state index contributed by atoms with van der Waals surface area (Å²) in [6.45, 7) is 6.46. The molecule has 2 aromatic rings.